The molecule has 3 rings (SSSR count). The van der Waals surface area contributed by atoms with Gasteiger partial charge in [-0.25, -0.2) is 14.2 Å². The topological polar surface area (TPSA) is 122 Å². The third kappa shape index (κ3) is 8.81. The Bertz CT molecular complexity index is 1340. The number of nitrogens with one attached hydrogen (secondary N) is 1. The molecule has 0 saturated carbocycles. The van der Waals surface area contributed by atoms with E-state index in [2.05, 4.69) is 10.3 Å². The lowest BCUT2D eigenvalue weighted by Gasteiger charge is -2.27. The number of esters is 2. The lowest BCUT2D eigenvalue weighted by atomic mass is 10.0. The minimum atomic E-state index is -1.07. The van der Waals surface area contributed by atoms with Gasteiger partial charge in [0.2, 0.25) is 6.79 Å². The van der Waals surface area contributed by atoms with Gasteiger partial charge in [0.05, 0.1) is 7.11 Å². The molecule has 1 amide bonds. The molecule has 3 aromatic rings. The van der Waals surface area contributed by atoms with Crippen LogP contribution in [0.5, 0.6) is 17.2 Å². The van der Waals surface area contributed by atoms with Crippen molar-refractivity contribution >= 4 is 29.4 Å². The number of carbonyl (C=O) groups excluding carboxylic acids is 3. The predicted octanol–water partition coefficient (Wildman–Crippen LogP) is 5.04. The zero-order chi connectivity index (χ0) is 29.9. The van der Waals surface area contributed by atoms with Crippen molar-refractivity contribution < 1.29 is 42.5 Å². The molecule has 10 nitrogen and oxygen atoms in total. The van der Waals surface area contributed by atoms with Crippen molar-refractivity contribution in [2.75, 3.05) is 13.9 Å². The molecule has 1 aromatic heterocycles. The molecule has 218 valence electrons. The SMILES string of the molecule is CC[C@H](NC(=O)c1nccc(OC)c1OCOC(C)=O)C(=O)O[C@@H](C)[C@H](Oc1cc(F)cc(Cl)c1)c1ccccc1. The summed E-state index contributed by atoms with van der Waals surface area (Å²) in [7, 11) is 1.37. The highest BCUT2D eigenvalue weighted by Crippen LogP contribution is 2.31. The maximum Gasteiger partial charge on any atom is 0.329 e. The molecular formula is C29H30ClFN2O8. The van der Waals surface area contributed by atoms with Gasteiger partial charge in [0, 0.05) is 30.3 Å². The summed E-state index contributed by atoms with van der Waals surface area (Å²) in [4.78, 5) is 41.5. The highest BCUT2D eigenvalue weighted by Gasteiger charge is 2.30. The van der Waals surface area contributed by atoms with Gasteiger partial charge in [0.25, 0.3) is 5.91 Å². The summed E-state index contributed by atoms with van der Waals surface area (Å²) in [6.07, 6.45) is -0.182. The van der Waals surface area contributed by atoms with E-state index < -0.39 is 48.7 Å². The van der Waals surface area contributed by atoms with Gasteiger partial charge in [0.1, 0.15) is 23.7 Å². The molecular weight excluding hydrogens is 559 g/mol. The van der Waals surface area contributed by atoms with E-state index in [1.54, 1.807) is 38.1 Å². The van der Waals surface area contributed by atoms with Gasteiger partial charge in [-0.05, 0) is 31.0 Å². The van der Waals surface area contributed by atoms with Crippen LogP contribution in [0.3, 0.4) is 0 Å². The second kappa shape index (κ2) is 14.8. The summed E-state index contributed by atoms with van der Waals surface area (Å²) in [5.41, 5.74) is 0.477. The molecule has 2 aromatic carbocycles. The van der Waals surface area contributed by atoms with E-state index in [9.17, 15) is 18.8 Å². The smallest absolute Gasteiger partial charge is 0.329 e. The van der Waals surface area contributed by atoms with Crippen molar-refractivity contribution in [3.8, 4) is 17.2 Å². The Kier molecular flexibility index (Phi) is 11.3. The normalized spacial score (nSPS) is 12.8. The van der Waals surface area contributed by atoms with Gasteiger partial charge in [-0.15, -0.1) is 0 Å². The second-order valence-corrected chi connectivity index (χ2v) is 9.16. The standard InChI is InChI=1S/C29H30ClFN2O8/c1-5-23(33-28(35)25-27(39-16-38-18(3)34)24(37-4)11-12-32-25)29(36)40-17(2)26(19-9-7-6-8-10-19)41-22-14-20(30)13-21(31)15-22/h6-15,17,23,26H,5,16H2,1-4H3,(H,33,35)/t17-,23-,26-/m0/s1. The van der Waals surface area contributed by atoms with E-state index >= 15 is 0 Å². The quantitative estimate of drug-likeness (QED) is 0.216. The van der Waals surface area contributed by atoms with E-state index in [0.29, 0.717) is 5.56 Å². The summed E-state index contributed by atoms with van der Waals surface area (Å²) in [6.45, 7) is 4.03. The minimum absolute atomic E-state index is 0.0726. The fraction of sp³-hybridized carbons (Fsp3) is 0.310. The molecule has 0 aliphatic rings. The number of hydrogen-bond donors (Lipinski definition) is 1. The Morgan fingerprint density at radius 2 is 1.83 bits per heavy atom. The summed E-state index contributed by atoms with van der Waals surface area (Å²) in [5, 5.41) is 2.74. The number of carbonyl (C=O) groups is 3. The average molecular weight is 589 g/mol. The van der Waals surface area contributed by atoms with Gasteiger partial charge in [-0.2, -0.15) is 0 Å². The Balaban J connectivity index is 1.77. The van der Waals surface area contributed by atoms with Crippen LogP contribution in [0, 0.1) is 5.82 Å². The number of aromatic nitrogens is 1. The third-order valence-electron chi connectivity index (χ3n) is 5.72. The Morgan fingerprint density at radius 3 is 2.46 bits per heavy atom. The predicted molar refractivity (Wildman–Crippen MR) is 146 cm³/mol. The van der Waals surface area contributed by atoms with Crippen molar-refractivity contribution in [2.24, 2.45) is 0 Å². The molecule has 1 heterocycles. The number of nitrogens with zero attached hydrogens (tertiary/aromatic N) is 1. The molecule has 1 N–H and O–H groups in total. The van der Waals surface area contributed by atoms with Crippen molar-refractivity contribution in [1.29, 1.82) is 0 Å². The van der Waals surface area contributed by atoms with Crippen LogP contribution < -0.4 is 19.5 Å². The highest BCUT2D eigenvalue weighted by atomic mass is 35.5. The van der Waals surface area contributed by atoms with Crippen molar-refractivity contribution in [3.63, 3.8) is 0 Å². The number of halogens is 2. The zero-order valence-corrected chi connectivity index (χ0v) is 23.6. The minimum Gasteiger partial charge on any atom is -0.493 e. The Hall–Kier alpha value is -4.38. The number of benzene rings is 2. The summed E-state index contributed by atoms with van der Waals surface area (Å²) < 4.78 is 41.1. The molecule has 0 bridgehead atoms. The molecule has 3 atom stereocenters. The number of hydrogen-bond acceptors (Lipinski definition) is 9. The van der Waals surface area contributed by atoms with Gasteiger partial charge >= 0.3 is 11.9 Å². The summed E-state index contributed by atoms with van der Waals surface area (Å²) in [5.74, 6) is -2.40. The van der Waals surface area contributed by atoms with E-state index in [1.165, 1.54) is 38.4 Å². The zero-order valence-electron chi connectivity index (χ0n) is 22.9. The van der Waals surface area contributed by atoms with Crippen molar-refractivity contribution in [1.82, 2.24) is 10.3 Å². The number of rotatable bonds is 13. The molecule has 0 fully saturated rings. The number of ether oxygens (including phenoxy) is 5. The first-order valence-corrected chi connectivity index (χ1v) is 13.0. The number of methoxy groups -OCH3 is 1. The van der Waals surface area contributed by atoms with Gasteiger partial charge < -0.3 is 29.0 Å². The lowest BCUT2D eigenvalue weighted by Crippen LogP contribution is -2.43. The molecule has 12 heteroatoms. The van der Waals surface area contributed by atoms with Gasteiger partial charge in [-0.1, -0.05) is 48.9 Å². The maximum absolute atomic E-state index is 14.0. The van der Waals surface area contributed by atoms with E-state index in [0.717, 1.165) is 6.07 Å². The average Bonchev–Trinajstić information content (AvgIpc) is 2.94. The van der Waals surface area contributed by atoms with Crippen LogP contribution >= 0.6 is 11.6 Å². The van der Waals surface area contributed by atoms with Crippen molar-refractivity contribution in [3.05, 3.63) is 82.9 Å². The number of amides is 1. The Labute approximate surface area is 241 Å². The van der Waals surface area contributed by atoms with Crippen LogP contribution in [0.15, 0.2) is 60.8 Å². The van der Waals surface area contributed by atoms with Gasteiger partial charge in [-0.3, -0.25) is 9.59 Å². The maximum atomic E-state index is 14.0. The van der Waals surface area contributed by atoms with Crippen LogP contribution in [0.4, 0.5) is 4.39 Å². The van der Waals surface area contributed by atoms with E-state index in [1.807, 2.05) is 6.07 Å². The lowest BCUT2D eigenvalue weighted by molar-refractivity contribution is -0.155. The second-order valence-electron chi connectivity index (χ2n) is 8.72. The van der Waals surface area contributed by atoms with Crippen LogP contribution in [0.25, 0.3) is 0 Å². The fourth-order valence-electron chi connectivity index (χ4n) is 3.77. The fourth-order valence-corrected chi connectivity index (χ4v) is 3.98. The first-order chi connectivity index (χ1) is 19.6. The molecule has 0 unspecified atom stereocenters. The van der Waals surface area contributed by atoms with E-state index in [-0.39, 0.29) is 34.4 Å². The summed E-state index contributed by atoms with van der Waals surface area (Å²) >= 11 is 5.99. The molecule has 0 radical (unpaired) electrons. The van der Waals surface area contributed by atoms with Crippen LogP contribution in [0.1, 0.15) is 49.3 Å². The molecule has 41 heavy (non-hydrogen) atoms. The molecule has 0 aliphatic carbocycles. The van der Waals surface area contributed by atoms with Crippen molar-refractivity contribution in [2.45, 2.75) is 45.4 Å². The highest BCUT2D eigenvalue weighted by molar-refractivity contribution is 6.30. The Morgan fingerprint density at radius 1 is 1.10 bits per heavy atom. The third-order valence-corrected chi connectivity index (χ3v) is 5.94. The summed E-state index contributed by atoms with van der Waals surface area (Å²) in [6, 6.07) is 13.1. The largest absolute Gasteiger partial charge is 0.493 e. The molecule has 0 aliphatic heterocycles. The van der Waals surface area contributed by atoms with Gasteiger partial charge in [0.15, 0.2) is 23.3 Å². The van der Waals surface area contributed by atoms with Crippen LogP contribution in [-0.4, -0.2) is 48.9 Å². The molecule has 0 saturated heterocycles. The van der Waals surface area contributed by atoms with Crippen LogP contribution in [0.2, 0.25) is 5.02 Å². The van der Waals surface area contributed by atoms with E-state index in [4.69, 9.17) is 35.3 Å². The molecule has 0 spiro atoms. The first-order valence-electron chi connectivity index (χ1n) is 12.6. The first kappa shape index (κ1) is 31.2. The number of pyridine rings is 1. The van der Waals surface area contributed by atoms with Crippen LogP contribution in [-0.2, 0) is 19.1 Å². The monoisotopic (exact) mass is 588 g/mol.